The van der Waals surface area contributed by atoms with Crippen LogP contribution in [0.4, 0.5) is 0 Å². The second-order valence-corrected chi connectivity index (χ2v) is 7.08. The summed E-state index contributed by atoms with van der Waals surface area (Å²) < 4.78 is 13.9. The molecule has 0 aromatic carbocycles. The van der Waals surface area contributed by atoms with Crippen molar-refractivity contribution in [1.82, 2.24) is 4.72 Å². The molecule has 1 rings (SSSR count). The average Bonchev–Trinajstić information content (AvgIpc) is 2.59. The Kier molecular flexibility index (Phi) is 12.3. The summed E-state index contributed by atoms with van der Waals surface area (Å²) in [6, 6.07) is 0. The maximum absolute atomic E-state index is 9.87. The summed E-state index contributed by atoms with van der Waals surface area (Å²) >= 11 is 1.12. The number of hydrogen-bond acceptors (Lipinski definition) is 8. The van der Waals surface area contributed by atoms with Crippen LogP contribution < -0.4 is 4.72 Å². The molecule has 1 fully saturated rings. The Morgan fingerprint density at radius 2 is 1.67 bits per heavy atom. The molecule has 8 heteroatoms. The van der Waals surface area contributed by atoms with Gasteiger partial charge in [0.15, 0.2) is 0 Å². The van der Waals surface area contributed by atoms with E-state index in [1.807, 2.05) is 0 Å². The average molecular weight is 368 g/mol. The minimum atomic E-state index is -1.33. The van der Waals surface area contributed by atoms with E-state index in [1.165, 1.54) is 32.1 Å². The SMILES string of the molecule is CCCCCCCCOCCNS[C@@H]1O[C@H](CO)[C@@H](O)[C@H](O)[C@H]1O. The first-order valence-electron chi connectivity index (χ1n) is 8.88. The number of rotatable bonds is 13. The normalized spacial score (nSPS) is 30.6. The summed E-state index contributed by atoms with van der Waals surface area (Å²) in [4.78, 5) is 0. The van der Waals surface area contributed by atoms with Crippen molar-refractivity contribution in [3.63, 3.8) is 0 Å². The first kappa shape index (κ1) is 22.1. The summed E-state index contributed by atoms with van der Waals surface area (Å²) in [6.07, 6.45) is 2.67. The Hall–Kier alpha value is 0.0700. The van der Waals surface area contributed by atoms with Crippen LogP contribution in [0.15, 0.2) is 0 Å². The highest BCUT2D eigenvalue weighted by molar-refractivity contribution is 7.97. The highest BCUT2D eigenvalue weighted by Gasteiger charge is 2.43. The van der Waals surface area contributed by atoms with E-state index in [0.29, 0.717) is 13.2 Å². The maximum Gasteiger partial charge on any atom is 0.146 e. The van der Waals surface area contributed by atoms with Gasteiger partial charge in [-0.25, -0.2) is 0 Å². The van der Waals surface area contributed by atoms with Crippen LogP contribution in [0.3, 0.4) is 0 Å². The van der Waals surface area contributed by atoms with E-state index in [9.17, 15) is 15.3 Å². The topological polar surface area (TPSA) is 111 Å². The van der Waals surface area contributed by atoms with Gasteiger partial charge in [-0.3, -0.25) is 4.72 Å². The fourth-order valence-electron chi connectivity index (χ4n) is 2.51. The molecule has 7 nitrogen and oxygen atoms in total. The lowest BCUT2D eigenvalue weighted by Gasteiger charge is -2.39. The molecule has 1 aliphatic rings. The molecule has 144 valence electrons. The molecule has 0 aliphatic carbocycles. The van der Waals surface area contributed by atoms with Gasteiger partial charge in [-0.1, -0.05) is 39.0 Å². The summed E-state index contributed by atoms with van der Waals surface area (Å²) in [6.45, 7) is 3.68. The second kappa shape index (κ2) is 13.3. The summed E-state index contributed by atoms with van der Waals surface area (Å²) in [5, 5.41) is 38.4. The Morgan fingerprint density at radius 1 is 0.958 bits per heavy atom. The molecule has 0 aromatic rings. The fraction of sp³-hybridized carbons (Fsp3) is 1.00. The molecule has 1 aliphatic heterocycles. The number of hydrogen-bond donors (Lipinski definition) is 5. The lowest BCUT2D eigenvalue weighted by Crippen LogP contribution is -2.58. The molecule has 0 spiro atoms. The number of ether oxygens (including phenoxy) is 2. The van der Waals surface area contributed by atoms with Crippen LogP contribution in [0, 0.1) is 0 Å². The lowest BCUT2D eigenvalue weighted by molar-refractivity contribution is -0.205. The van der Waals surface area contributed by atoms with Crippen molar-refractivity contribution < 1.29 is 29.9 Å². The highest BCUT2D eigenvalue weighted by atomic mass is 32.2. The van der Waals surface area contributed by atoms with Crippen molar-refractivity contribution in [1.29, 1.82) is 0 Å². The zero-order valence-corrected chi connectivity index (χ0v) is 15.3. The molecule has 0 bridgehead atoms. The lowest BCUT2D eigenvalue weighted by atomic mass is 10.0. The van der Waals surface area contributed by atoms with Crippen molar-refractivity contribution >= 4 is 11.9 Å². The largest absolute Gasteiger partial charge is 0.394 e. The molecule has 0 aromatic heterocycles. The van der Waals surface area contributed by atoms with E-state index in [-0.39, 0.29) is 0 Å². The Balaban J connectivity index is 2.02. The second-order valence-electron chi connectivity index (χ2n) is 6.09. The van der Waals surface area contributed by atoms with Crippen molar-refractivity contribution in [2.75, 3.05) is 26.4 Å². The first-order chi connectivity index (χ1) is 11.6. The Bertz CT molecular complexity index is 310. The van der Waals surface area contributed by atoms with E-state index in [0.717, 1.165) is 25.0 Å². The van der Waals surface area contributed by atoms with Crippen molar-refractivity contribution in [2.24, 2.45) is 0 Å². The van der Waals surface area contributed by atoms with Crippen LogP contribution in [0.1, 0.15) is 45.4 Å². The maximum atomic E-state index is 9.87. The monoisotopic (exact) mass is 367 g/mol. The van der Waals surface area contributed by atoms with Gasteiger partial charge in [-0.2, -0.15) is 0 Å². The van der Waals surface area contributed by atoms with Crippen LogP contribution >= 0.6 is 11.9 Å². The van der Waals surface area contributed by atoms with Gasteiger partial charge in [-0.15, -0.1) is 0 Å². The van der Waals surface area contributed by atoms with Crippen LogP contribution in [-0.2, 0) is 9.47 Å². The van der Waals surface area contributed by atoms with Gasteiger partial charge in [0, 0.05) is 13.2 Å². The van der Waals surface area contributed by atoms with Crippen LogP contribution in [0.25, 0.3) is 0 Å². The predicted molar refractivity (Wildman–Crippen MR) is 93.6 cm³/mol. The van der Waals surface area contributed by atoms with Gasteiger partial charge < -0.3 is 29.9 Å². The van der Waals surface area contributed by atoms with Crippen LogP contribution in [-0.4, -0.2) is 76.6 Å². The highest BCUT2D eigenvalue weighted by Crippen LogP contribution is 2.26. The van der Waals surface area contributed by atoms with Gasteiger partial charge in [0.2, 0.25) is 0 Å². The summed E-state index contributed by atoms with van der Waals surface area (Å²) in [5.74, 6) is 0. The van der Waals surface area contributed by atoms with E-state index >= 15 is 0 Å². The zero-order valence-electron chi connectivity index (χ0n) is 14.5. The molecule has 0 unspecified atom stereocenters. The van der Waals surface area contributed by atoms with E-state index < -0.39 is 36.5 Å². The van der Waals surface area contributed by atoms with Gasteiger partial charge in [0.25, 0.3) is 0 Å². The Morgan fingerprint density at radius 3 is 2.38 bits per heavy atom. The number of aliphatic hydroxyl groups excluding tert-OH is 4. The first-order valence-corrected chi connectivity index (χ1v) is 9.76. The molecule has 5 N–H and O–H groups in total. The number of aliphatic hydroxyl groups is 4. The third-order valence-electron chi connectivity index (χ3n) is 4.04. The molecule has 24 heavy (non-hydrogen) atoms. The van der Waals surface area contributed by atoms with Crippen molar-refractivity contribution in [3.8, 4) is 0 Å². The van der Waals surface area contributed by atoms with Gasteiger partial charge in [0.05, 0.1) is 13.2 Å². The smallest absolute Gasteiger partial charge is 0.146 e. The molecule has 1 saturated heterocycles. The van der Waals surface area contributed by atoms with Crippen LogP contribution in [0.5, 0.6) is 0 Å². The molecule has 0 saturated carbocycles. The summed E-state index contributed by atoms with van der Waals surface area (Å²) in [5.41, 5.74) is -0.751. The summed E-state index contributed by atoms with van der Waals surface area (Å²) in [7, 11) is 0. The minimum absolute atomic E-state index is 0.413. The Labute approximate surface area is 148 Å². The number of unbranched alkanes of at least 4 members (excludes halogenated alkanes) is 5. The third-order valence-corrected chi connectivity index (χ3v) is 5.03. The van der Waals surface area contributed by atoms with E-state index in [4.69, 9.17) is 14.6 Å². The van der Waals surface area contributed by atoms with Crippen LogP contribution in [0.2, 0.25) is 0 Å². The zero-order chi connectivity index (χ0) is 17.8. The number of nitrogens with one attached hydrogen (secondary N) is 1. The molecular formula is C16H33NO6S. The quantitative estimate of drug-likeness (QED) is 0.235. The standard InChI is InChI=1S/C16H33NO6S/c1-2-3-4-5-6-7-9-22-10-8-17-24-16-15(21)14(20)13(19)12(11-18)23-16/h12-21H,2-11H2,1H3/t12-,13-,14+,15-,16+/m1/s1. The fourth-order valence-corrected chi connectivity index (χ4v) is 3.37. The van der Waals surface area contributed by atoms with Crippen molar-refractivity contribution in [3.05, 3.63) is 0 Å². The van der Waals surface area contributed by atoms with E-state index in [2.05, 4.69) is 11.6 Å². The molecular weight excluding hydrogens is 334 g/mol. The molecule has 1 heterocycles. The predicted octanol–water partition coefficient (Wildman–Crippen LogP) is 0.401. The molecule has 0 amide bonds. The van der Waals surface area contributed by atoms with E-state index in [1.54, 1.807) is 0 Å². The third kappa shape index (κ3) is 7.97. The van der Waals surface area contributed by atoms with Gasteiger partial charge in [0.1, 0.15) is 29.9 Å². The van der Waals surface area contributed by atoms with Gasteiger partial charge in [-0.05, 0) is 18.4 Å². The van der Waals surface area contributed by atoms with Gasteiger partial charge >= 0.3 is 0 Å². The van der Waals surface area contributed by atoms with Crippen molar-refractivity contribution in [2.45, 2.75) is 75.3 Å². The minimum Gasteiger partial charge on any atom is -0.394 e. The molecule has 0 radical (unpaired) electrons. The molecule has 5 atom stereocenters.